The van der Waals surface area contributed by atoms with E-state index in [4.69, 9.17) is 10.5 Å². The van der Waals surface area contributed by atoms with Crippen LogP contribution in [0.4, 0.5) is 0 Å². The van der Waals surface area contributed by atoms with Crippen LogP contribution in [0.5, 0.6) is 0 Å². The van der Waals surface area contributed by atoms with Gasteiger partial charge in [-0.1, -0.05) is 19.8 Å². The molecule has 0 saturated heterocycles. The molecular formula is C12H25NO. The molecule has 0 aromatic heterocycles. The summed E-state index contributed by atoms with van der Waals surface area (Å²) in [6.45, 7) is 5.30. The SMILES string of the molecule is CC1CCCC(OC(C)CCCN)C1. The molecule has 1 aliphatic rings. The zero-order chi connectivity index (χ0) is 10.4. The normalized spacial score (nSPS) is 30.2. The Balaban J connectivity index is 2.15. The van der Waals surface area contributed by atoms with E-state index in [0.717, 1.165) is 25.3 Å². The van der Waals surface area contributed by atoms with Crippen molar-refractivity contribution in [2.45, 2.75) is 64.6 Å². The number of hydrogen-bond acceptors (Lipinski definition) is 2. The molecule has 2 heteroatoms. The van der Waals surface area contributed by atoms with E-state index in [1.165, 1.54) is 25.7 Å². The van der Waals surface area contributed by atoms with E-state index in [-0.39, 0.29) is 0 Å². The number of rotatable bonds is 5. The van der Waals surface area contributed by atoms with Gasteiger partial charge in [0.1, 0.15) is 0 Å². The van der Waals surface area contributed by atoms with Crippen LogP contribution in [0.1, 0.15) is 52.4 Å². The van der Waals surface area contributed by atoms with Crippen molar-refractivity contribution in [2.75, 3.05) is 6.54 Å². The van der Waals surface area contributed by atoms with Crippen molar-refractivity contribution in [3.8, 4) is 0 Å². The lowest BCUT2D eigenvalue weighted by molar-refractivity contribution is -0.0338. The molecule has 0 aromatic rings. The van der Waals surface area contributed by atoms with E-state index in [0.29, 0.717) is 12.2 Å². The lowest BCUT2D eigenvalue weighted by Crippen LogP contribution is -2.26. The monoisotopic (exact) mass is 199 g/mol. The van der Waals surface area contributed by atoms with E-state index in [1.54, 1.807) is 0 Å². The summed E-state index contributed by atoms with van der Waals surface area (Å²) >= 11 is 0. The first kappa shape index (κ1) is 12.0. The van der Waals surface area contributed by atoms with E-state index < -0.39 is 0 Å². The minimum absolute atomic E-state index is 0.397. The fourth-order valence-corrected chi connectivity index (χ4v) is 2.30. The second-order valence-electron chi connectivity index (χ2n) is 4.77. The summed E-state index contributed by atoms with van der Waals surface area (Å²) in [6.07, 6.45) is 8.36. The highest BCUT2D eigenvalue weighted by Gasteiger charge is 2.20. The van der Waals surface area contributed by atoms with Crippen LogP contribution < -0.4 is 5.73 Å². The molecule has 2 nitrogen and oxygen atoms in total. The summed E-state index contributed by atoms with van der Waals surface area (Å²) in [6, 6.07) is 0. The number of hydrogen-bond donors (Lipinski definition) is 1. The topological polar surface area (TPSA) is 35.2 Å². The van der Waals surface area contributed by atoms with Gasteiger partial charge in [0, 0.05) is 0 Å². The average Bonchev–Trinajstić information content (AvgIpc) is 2.15. The summed E-state index contributed by atoms with van der Waals surface area (Å²) in [7, 11) is 0. The fraction of sp³-hybridized carbons (Fsp3) is 1.00. The molecule has 14 heavy (non-hydrogen) atoms. The molecule has 0 aromatic carbocycles. The van der Waals surface area contributed by atoms with Gasteiger partial charge in [-0.25, -0.2) is 0 Å². The highest BCUT2D eigenvalue weighted by Crippen LogP contribution is 2.26. The number of nitrogens with two attached hydrogens (primary N) is 1. The van der Waals surface area contributed by atoms with Gasteiger partial charge in [0.05, 0.1) is 12.2 Å². The maximum absolute atomic E-state index is 6.01. The van der Waals surface area contributed by atoms with Crippen LogP contribution in [0.2, 0.25) is 0 Å². The molecule has 1 fully saturated rings. The molecule has 0 heterocycles. The van der Waals surface area contributed by atoms with E-state index in [1.807, 2.05) is 0 Å². The molecule has 3 unspecified atom stereocenters. The van der Waals surface area contributed by atoms with Gasteiger partial charge >= 0.3 is 0 Å². The van der Waals surface area contributed by atoms with E-state index >= 15 is 0 Å². The van der Waals surface area contributed by atoms with Crippen LogP contribution in [0.15, 0.2) is 0 Å². The van der Waals surface area contributed by atoms with Crippen LogP contribution in [0.25, 0.3) is 0 Å². The lowest BCUT2D eigenvalue weighted by atomic mass is 9.88. The predicted molar refractivity (Wildman–Crippen MR) is 60.3 cm³/mol. The van der Waals surface area contributed by atoms with Crippen LogP contribution in [-0.2, 0) is 4.74 Å². The highest BCUT2D eigenvalue weighted by molar-refractivity contribution is 4.71. The largest absolute Gasteiger partial charge is 0.375 e. The highest BCUT2D eigenvalue weighted by atomic mass is 16.5. The van der Waals surface area contributed by atoms with Crippen LogP contribution in [0, 0.1) is 5.92 Å². The second kappa shape index (κ2) is 6.41. The molecule has 1 aliphatic carbocycles. The Hall–Kier alpha value is -0.0800. The van der Waals surface area contributed by atoms with Gasteiger partial charge in [-0.15, -0.1) is 0 Å². The zero-order valence-corrected chi connectivity index (χ0v) is 9.67. The van der Waals surface area contributed by atoms with Crippen molar-refractivity contribution in [3.05, 3.63) is 0 Å². The van der Waals surface area contributed by atoms with Crippen molar-refractivity contribution < 1.29 is 4.74 Å². The molecule has 0 spiro atoms. The van der Waals surface area contributed by atoms with Crippen molar-refractivity contribution in [1.82, 2.24) is 0 Å². The fourth-order valence-electron chi connectivity index (χ4n) is 2.30. The molecule has 0 aliphatic heterocycles. The summed E-state index contributed by atoms with van der Waals surface area (Å²) in [4.78, 5) is 0. The average molecular weight is 199 g/mol. The second-order valence-corrected chi connectivity index (χ2v) is 4.77. The molecule has 84 valence electrons. The maximum Gasteiger partial charge on any atom is 0.0581 e. The molecule has 0 radical (unpaired) electrons. The Morgan fingerprint density at radius 3 is 2.86 bits per heavy atom. The summed E-state index contributed by atoms with van der Waals surface area (Å²) in [5.41, 5.74) is 5.48. The first-order valence-electron chi connectivity index (χ1n) is 6.08. The van der Waals surface area contributed by atoms with Gasteiger partial charge in [0.2, 0.25) is 0 Å². The minimum atomic E-state index is 0.397. The smallest absolute Gasteiger partial charge is 0.0581 e. The molecule has 1 rings (SSSR count). The molecule has 0 amide bonds. The Morgan fingerprint density at radius 2 is 2.21 bits per heavy atom. The third kappa shape index (κ3) is 4.43. The third-order valence-corrected chi connectivity index (χ3v) is 3.13. The van der Waals surface area contributed by atoms with E-state index in [9.17, 15) is 0 Å². The lowest BCUT2D eigenvalue weighted by Gasteiger charge is -2.29. The Morgan fingerprint density at radius 1 is 1.43 bits per heavy atom. The van der Waals surface area contributed by atoms with Crippen LogP contribution in [0.3, 0.4) is 0 Å². The maximum atomic E-state index is 6.01. The number of ether oxygens (including phenoxy) is 1. The summed E-state index contributed by atoms with van der Waals surface area (Å²) < 4.78 is 6.01. The quantitative estimate of drug-likeness (QED) is 0.739. The van der Waals surface area contributed by atoms with Crippen molar-refractivity contribution >= 4 is 0 Å². The van der Waals surface area contributed by atoms with Crippen molar-refractivity contribution in [2.24, 2.45) is 11.7 Å². The first-order valence-corrected chi connectivity index (χ1v) is 6.08. The van der Waals surface area contributed by atoms with Gasteiger partial charge in [0.15, 0.2) is 0 Å². The standard InChI is InChI=1S/C12H25NO/c1-10-5-3-7-12(9-10)14-11(2)6-4-8-13/h10-12H,3-9,13H2,1-2H3. The van der Waals surface area contributed by atoms with Gasteiger partial charge in [-0.05, 0) is 45.1 Å². The van der Waals surface area contributed by atoms with Crippen LogP contribution >= 0.6 is 0 Å². The predicted octanol–water partition coefficient (Wildman–Crippen LogP) is 2.71. The van der Waals surface area contributed by atoms with Gasteiger partial charge in [-0.3, -0.25) is 0 Å². The third-order valence-electron chi connectivity index (χ3n) is 3.13. The van der Waals surface area contributed by atoms with Crippen LogP contribution in [-0.4, -0.2) is 18.8 Å². The molecule has 1 saturated carbocycles. The summed E-state index contributed by atoms with van der Waals surface area (Å²) in [5.74, 6) is 0.857. The van der Waals surface area contributed by atoms with E-state index in [2.05, 4.69) is 13.8 Å². The molecule has 3 atom stereocenters. The first-order chi connectivity index (χ1) is 6.72. The molecule has 0 bridgehead atoms. The van der Waals surface area contributed by atoms with Gasteiger partial charge < -0.3 is 10.5 Å². The van der Waals surface area contributed by atoms with Crippen molar-refractivity contribution in [1.29, 1.82) is 0 Å². The summed E-state index contributed by atoms with van der Waals surface area (Å²) in [5, 5.41) is 0. The van der Waals surface area contributed by atoms with Gasteiger partial charge in [-0.2, -0.15) is 0 Å². The Bertz CT molecular complexity index is 149. The van der Waals surface area contributed by atoms with Gasteiger partial charge in [0.25, 0.3) is 0 Å². The van der Waals surface area contributed by atoms with Crippen molar-refractivity contribution in [3.63, 3.8) is 0 Å². The zero-order valence-electron chi connectivity index (χ0n) is 9.67. The molecular weight excluding hydrogens is 174 g/mol. The Kier molecular flexibility index (Phi) is 5.49. The molecule has 2 N–H and O–H groups in total. The minimum Gasteiger partial charge on any atom is -0.375 e. The Labute approximate surface area is 88.2 Å².